The van der Waals surface area contributed by atoms with E-state index in [1.54, 1.807) is 43.3 Å². The molecule has 0 radical (unpaired) electrons. The van der Waals surface area contributed by atoms with Crippen LogP contribution in [-0.4, -0.2) is 35.7 Å². The number of halogens is 1. The zero-order valence-corrected chi connectivity index (χ0v) is 15.7. The average molecular weight is 381 g/mol. The van der Waals surface area contributed by atoms with Gasteiger partial charge >= 0.3 is 0 Å². The molecule has 2 N–H and O–H groups in total. The van der Waals surface area contributed by atoms with E-state index in [9.17, 15) is 14.0 Å². The van der Waals surface area contributed by atoms with Crippen molar-refractivity contribution in [3.63, 3.8) is 0 Å². The fourth-order valence-corrected chi connectivity index (χ4v) is 2.68. The molecule has 7 nitrogen and oxygen atoms in total. The molecule has 28 heavy (non-hydrogen) atoms. The Morgan fingerprint density at radius 2 is 1.75 bits per heavy atom. The van der Waals surface area contributed by atoms with E-state index in [2.05, 4.69) is 16.0 Å². The molecule has 0 aliphatic carbocycles. The summed E-state index contributed by atoms with van der Waals surface area (Å²) >= 11 is 0. The Bertz CT molecular complexity index is 1030. The van der Waals surface area contributed by atoms with E-state index in [0.717, 1.165) is 5.69 Å². The van der Waals surface area contributed by atoms with Gasteiger partial charge < -0.3 is 4.90 Å². The van der Waals surface area contributed by atoms with Crippen LogP contribution in [0.25, 0.3) is 5.69 Å². The molecule has 1 aromatic heterocycles. The number of carbonyl (C=O) groups excluding carboxylic acids is 2. The standard InChI is InChI=1S/C20H20FN5O2/c1-13-16(12-22-26(13)18-10-5-4-9-17(18)21)20(28)24-23-19(27)14-7-6-8-15(11-14)25(2)3/h4-12H,1-3H3,(H,23,27)(H,24,28). The molecular weight excluding hydrogens is 361 g/mol. The maximum Gasteiger partial charge on any atom is 0.273 e. The number of hydrazine groups is 1. The summed E-state index contributed by atoms with van der Waals surface area (Å²) in [6.07, 6.45) is 1.33. The van der Waals surface area contributed by atoms with Crippen molar-refractivity contribution in [1.29, 1.82) is 0 Å². The lowest BCUT2D eigenvalue weighted by Gasteiger charge is -2.13. The van der Waals surface area contributed by atoms with Gasteiger partial charge in [-0.15, -0.1) is 0 Å². The van der Waals surface area contributed by atoms with Crippen LogP contribution in [0.5, 0.6) is 0 Å². The number of hydrogen-bond donors (Lipinski definition) is 2. The van der Waals surface area contributed by atoms with Crippen LogP contribution in [0, 0.1) is 12.7 Å². The Balaban J connectivity index is 1.71. The Hall–Kier alpha value is -3.68. The number of nitrogens with zero attached hydrogens (tertiary/aromatic N) is 3. The van der Waals surface area contributed by atoms with Gasteiger partial charge in [-0.25, -0.2) is 9.07 Å². The van der Waals surface area contributed by atoms with Gasteiger partial charge in [0.2, 0.25) is 0 Å². The second kappa shape index (κ2) is 7.91. The summed E-state index contributed by atoms with van der Waals surface area (Å²) in [5, 5.41) is 4.08. The van der Waals surface area contributed by atoms with Crippen molar-refractivity contribution in [2.45, 2.75) is 6.92 Å². The van der Waals surface area contributed by atoms with Crippen molar-refractivity contribution in [3.05, 3.63) is 77.4 Å². The van der Waals surface area contributed by atoms with Crippen molar-refractivity contribution in [2.24, 2.45) is 0 Å². The van der Waals surface area contributed by atoms with Crippen LogP contribution in [-0.2, 0) is 0 Å². The maximum absolute atomic E-state index is 14.0. The summed E-state index contributed by atoms with van der Waals surface area (Å²) < 4.78 is 15.3. The van der Waals surface area contributed by atoms with E-state index in [1.165, 1.54) is 16.9 Å². The SMILES string of the molecule is Cc1c(C(=O)NNC(=O)c2cccc(N(C)C)c2)cnn1-c1ccccc1F. The number of amides is 2. The minimum atomic E-state index is -0.544. The molecule has 2 aromatic carbocycles. The van der Waals surface area contributed by atoms with Gasteiger partial charge in [0.1, 0.15) is 11.5 Å². The fourth-order valence-electron chi connectivity index (χ4n) is 2.68. The highest BCUT2D eigenvalue weighted by Gasteiger charge is 2.17. The summed E-state index contributed by atoms with van der Waals surface area (Å²) in [5.41, 5.74) is 6.94. The third-order valence-electron chi connectivity index (χ3n) is 4.25. The molecular formula is C20H20FN5O2. The molecule has 0 bridgehead atoms. The number of carbonyl (C=O) groups is 2. The van der Waals surface area contributed by atoms with Gasteiger partial charge in [-0.2, -0.15) is 5.10 Å². The summed E-state index contributed by atoms with van der Waals surface area (Å²) in [6, 6.07) is 13.1. The summed E-state index contributed by atoms with van der Waals surface area (Å²) in [4.78, 5) is 26.6. The Morgan fingerprint density at radius 3 is 2.46 bits per heavy atom. The first-order chi connectivity index (χ1) is 13.4. The van der Waals surface area contributed by atoms with E-state index in [-0.39, 0.29) is 11.3 Å². The average Bonchev–Trinajstić information content (AvgIpc) is 3.07. The maximum atomic E-state index is 14.0. The molecule has 0 unspecified atom stereocenters. The zero-order valence-electron chi connectivity index (χ0n) is 15.7. The van der Waals surface area contributed by atoms with Crippen LogP contribution in [0.1, 0.15) is 26.4 Å². The third-order valence-corrected chi connectivity index (χ3v) is 4.25. The van der Waals surface area contributed by atoms with Crippen LogP contribution in [0.4, 0.5) is 10.1 Å². The molecule has 0 fully saturated rings. The second-order valence-electron chi connectivity index (χ2n) is 6.36. The molecule has 8 heteroatoms. The quantitative estimate of drug-likeness (QED) is 0.681. The molecule has 144 valence electrons. The zero-order chi connectivity index (χ0) is 20.3. The van der Waals surface area contributed by atoms with E-state index < -0.39 is 17.6 Å². The predicted octanol–water partition coefficient (Wildman–Crippen LogP) is 2.46. The first kappa shape index (κ1) is 19.1. The number of para-hydroxylation sites is 1. The van der Waals surface area contributed by atoms with Crippen molar-refractivity contribution < 1.29 is 14.0 Å². The Kier molecular flexibility index (Phi) is 5.39. The fraction of sp³-hybridized carbons (Fsp3) is 0.150. The minimum Gasteiger partial charge on any atom is -0.378 e. The molecule has 3 aromatic rings. The molecule has 0 aliphatic heterocycles. The van der Waals surface area contributed by atoms with Crippen molar-refractivity contribution in [1.82, 2.24) is 20.6 Å². The lowest BCUT2D eigenvalue weighted by atomic mass is 10.2. The van der Waals surface area contributed by atoms with Crippen LogP contribution >= 0.6 is 0 Å². The monoisotopic (exact) mass is 381 g/mol. The Morgan fingerprint density at radius 1 is 1.04 bits per heavy atom. The number of rotatable bonds is 4. The van der Waals surface area contributed by atoms with E-state index >= 15 is 0 Å². The largest absolute Gasteiger partial charge is 0.378 e. The number of anilines is 1. The summed E-state index contributed by atoms with van der Waals surface area (Å²) in [6.45, 7) is 1.65. The lowest BCUT2D eigenvalue weighted by Crippen LogP contribution is -2.41. The van der Waals surface area contributed by atoms with Crippen LogP contribution in [0.3, 0.4) is 0 Å². The van der Waals surface area contributed by atoms with Crippen molar-refractivity contribution >= 4 is 17.5 Å². The van der Waals surface area contributed by atoms with Crippen molar-refractivity contribution in [3.8, 4) is 5.69 Å². The minimum absolute atomic E-state index is 0.227. The number of hydrogen-bond acceptors (Lipinski definition) is 4. The van der Waals surface area contributed by atoms with E-state index in [1.807, 2.05) is 25.1 Å². The first-order valence-corrected chi connectivity index (χ1v) is 8.56. The second-order valence-corrected chi connectivity index (χ2v) is 6.36. The highest BCUT2D eigenvalue weighted by Crippen LogP contribution is 2.17. The molecule has 3 rings (SSSR count). The lowest BCUT2D eigenvalue weighted by molar-refractivity contribution is 0.0846. The highest BCUT2D eigenvalue weighted by atomic mass is 19.1. The smallest absolute Gasteiger partial charge is 0.273 e. The van der Waals surface area contributed by atoms with Gasteiger partial charge in [0.15, 0.2) is 0 Å². The number of nitrogens with one attached hydrogen (secondary N) is 2. The third kappa shape index (κ3) is 3.85. The van der Waals surface area contributed by atoms with Gasteiger partial charge in [-0.1, -0.05) is 18.2 Å². The molecule has 1 heterocycles. The van der Waals surface area contributed by atoms with Gasteiger partial charge in [0.05, 0.1) is 17.5 Å². The molecule has 0 aliphatic rings. The molecule has 0 atom stereocenters. The van der Waals surface area contributed by atoms with Gasteiger partial charge in [0.25, 0.3) is 11.8 Å². The van der Waals surface area contributed by atoms with Gasteiger partial charge in [-0.3, -0.25) is 20.4 Å². The molecule has 0 saturated heterocycles. The normalized spacial score (nSPS) is 10.4. The van der Waals surface area contributed by atoms with Crippen LogP contribution in [0.15, 0.2) is 54.7 Å². The summed E-state index contributed by atoms with van der Waals surface area (Å²) in [7, 11) is 3.74. The topological polar surface area (TPSA) is 79.3 Å². The molecule has 2 amide bonds. The summed E-state index contributed by atoms with van der Waals surface area (Å²) in [5.74, 6) is -1.44. The van der Waals surface area contributed by atoms with Crippen LogP contribution in [0.2, 0.25) is 0 Å². The Labute approximate surface area is 161 Å². The predicted molar refractivity (Wildman–Crippen MR) is 104 cm³/mol. The van der Waals surface area contributed by atoms with Gasteiger partial charge in [-0.05, 0) is 37.3 Å². The molecule has 0 saturated carbocycles. The highest BCUT2D eigenvalue weighted by molar-refractivity contribution is 5.99. The molecule has 0 spiro atoms. The number of benzene rings is 2. The van der Waals surface area contributed by atoms with E-state index in [4.69, 9.17) is 0 Å². The van der Waals surface area contributed by atoms with Gasteiger partial charge in [0, 0.05) is 25.3 Å². The van der Waals surface area contributed by atoms with Crippen molar-refractivity contribution in [2.75, 3.05) is 19.0 Å². The van der Waals surface area contributed by atoms with Crippen LogP contribution < -0.4 is 15.8 Å². The first-order valence-electron chi connectivity index (χ1n) is 8.56. The number of aromatic nitrogens is 2. The van der Waals surface area contributed by atoms with E-state index in [0.29, 0.717) is 11.3 Å².